The van der Waals surface area contributed by atoms with Crippen molar-refractivity contribution in [1.29, 1.82) is 0 Å². The molecule has 0 aromatic heterocycles. The monoisotopic (exact) mass is 191 g/mol. The predicted octanol–water partition coefficient (Wildman–Crippen LogP) is 1.24. The molecular formula is C9H9N3O2. The van der Waals surface area contributed by atoms with Crippen molar-refractivity contribution < 1.29 is 4.79 Å². The second-order valence-electron chi connectivity index (χ2n) is 2.97. The molecule has 0 bridgehead atoms. The summed E-state index contributed by atoms with van der Waals surface area (Å²) in [6.07, 6.45) is 0. The molecule has 1 amide bonds. The standard InChI is InChI=1S/C9H9N3O2/c13-9-8-6(10-4-5-11-9)2-1-3-7(8)12-14/h1-3,10H,4-5H2,(H,11,13). The molecule has 0 aliphatic carbocycles. The molecule has 0 saturated carbocycles. The van der Waals surface area contributed by atoms with Crippen LogP contribution in [0.4, 0.5) is 11.4 Å². The zero-order valence-corrected chi connectivity index (χ0v) is 7.41. The van der Waals surface area contributed by atoms with Crippen LogP contribution < -0.4 is 10.6 Å². The summed E-state index contributed by atoms with van der Waals surface area (Å²) in [5.74, 6) is -0.250. The molecule has 2 rings (SSSR count). The maximum absolute atomic E-state index is 11.5. The summed E-state index contributed by atoms with van der Waals surface area (Å²) >= 11 is 0. The number of fused-ring (bicyclic) bond motifs is 1. The molecule has 14 heavy (non-hydrogen) atoms. The first-order valence-corrected chi connectivity index (χ1v) is 4.31. The number of anilines is 1. The summed E-state index contributed by atoms with van der Waals surface area (Å²) in [6.45, 7) is 1.20. The molecule has 5 nitrogen and oxygen atoms in total. The Kier molecular flexibility index (Phi) is 2.14. The Morgan fingerprint density at radius 1 is 1.21 bits per heavy atom. The van der Waals surface area contributed by atoms with Gasteiger partial charge < -0.3 is 10.6 Å². The van der Waals surface area contributed by atoms with Gasteiger partial charge in [-0.1, -0.05) is 6.07 Å². The lowest BCUT2D eigenvalue weighted by Gasteiger charge is -2.05. The number of nitroso groups, excluding NO2 is 1. The number of hydrogen-bond acceptors (Lipinski definition) is 4. The maximum atomic E-state index is 11.5. The molecular weight excluding hydrogens is 182 g/mol. The van der Waals surface area contributed by atoms with Gasteiger partial charge in [-0.05, 0) is 17.3 Å². The van der Waals surface area contributed by atoms with Crippen LogP contribution in [-0.2, 0) is 0 Å². The van der Waals surface area contributed by atoms with E-state index in [1.54, 1.807) is 12.1 Å². The molecule has 1 aliphatic heterocycles. The number of carbonyl (C=O) groups excluding carboxylic acids is 1. The van der Waals surface area contributed by atoms with Gasteiger partial charge >= 0.3 is 0 Å². The second kappa shape index (κ2) is 3.45. The van der Waals surface area contributed by atoms with E-state index in [2.05, 4.69) is 15.8 Å². The highest BCUT2D eigenvalue weighted by atomic mass is 16.3. The number of amides is 1. The molecule has 0 fully saturated rings. The van der Waals surface area contributed by atoms with E-state index in [0.29, 0.717) is 24.3 Å². The van der Waals surface area contributed by atoms with Gasteiger partial charge in [-0.25, -0.2) is 0 Å². The van der Waals surface area contributed by atoms with Gasteiger partial charge in [0.25, 0.3) is 5.91 Å². The SMILES string of the molecule is O=Nc1cccc2c1C(=O)NCCN2. The first kappa shape index (κ1) is 8.68. The highest BCUT2D eigenvalue weighted by molar-refractivity contribution is 6.04. The lowest BCUT2D eigenvalue weighted by molar-refractivity contribution is 0.0958. The maximum Gasteiger partial charge on any atom is 0.255 e. The van der Waals surface area contributed by atoms with E-state index in [1.165, 1.54) is 6.07 Å². The molecule has 0 unspecified atom stereocenters. The number of benzene rings is 1. The van der Waals surface area contributed by atoms with Crippen LogP contribution in [0, 0.1) is 4.91 Å². The molecule has 0 saturated heterocycles. The molecule has 0 spiro atoms. The smallest absolute Gasteiger partial charge is 0.255 e. The van der Waals surface area contributed by atoms with Crippen molar-refractivity contribution in [2.24, 2.45) is 5.18 Å². The zero-order valence-electron chi connectivity index (χ0n) is 7.41. The van der Waals surface area contributed by atoms with E-state index < -0.39 is 0 Å². The summed E-state index contributed by atoms with van der Waals surface area (Å²) in [5.41, 5.74) is 1.17. The molecule has 5 heteroatoms. The predicted molar refractivity (Wildman–Crippen MR) is 52.7 cm³/mol. The highest BCUT2D eigenvalue weighted by Crippen LogP contribution is 2.27. The fourth-order valence-electron chi connectivity index (χ4n) is 1.46. The van der Waals surface area contributed by atoms with Gasteiger partial charge in [0.05, 0.1) is 5.56 Å². The van der Waals surface area contributed by atoms with Crippen LogP contribution >= 0.6 is 0 Å². The summed E-state index contributed by atoms with van der Waals surface area (Å²) in [5, 5.41) is 8.55. The Labute approximate surface area is 80.5 Å². The molecule has 1 heterocycles. The fraction of sp³-hybridized carbons (Fsp3) is 0.222. The summed E-state index contributed by atoms with van der Waals surface area (Å²) in [7, 11) is 0. The molecule has 1 aliphatic rings. The average Bonchev–Trinajstić information content (AvgIpc) is 2.40. The number of nitrogens with zero attached hydrogens (tertiary/aromatic N) is 1. The van der Waals surface area contributed by atoms with Crippen LogP contribution in [0.3, 0.4) is 0 Å². The highest BCUT2D eigenvalue weighted by Gasteiger charge is 2.18. The number of rotatable bonds is 1. The van der Waals surface area contributed by atoms with E-state index >= 15 is 0 Å². The summed E-state index contributed by atoms with van der Waals surface area (Å²) in [6, 6.07) is 4.98. The fourth-order valence-corrected chi connectivity index (χ4v) is 1.46. The minimum Gasteiger partial charge on any atom is -0.383 e. The van der Waals surface area contributed by atoms with Crippen LogP contribution in [-0.4, -0.2) is 19.0 Å². The van der Waals surface area contributed by atoms with Gasteiger partial charge in [0, 0.05) is 18.8 Å². The van der Waals surface area contributed by atoms with E-state index in [9.17, 15) is 9.70 Å². The Morgan fingerprint density at radius 2 is 2.00 bits per heavy atom. The Balaban J connectivity index is 2.58. The number of carbonyl (C=O) groups is 1. The van der Waals surface area contributed by atoms with Crippen molar-refractivity contribution in [2.45, 2.75) is 0 Å². The van der Waals surface area contributed by atoms with Crippen LogP contribution in [0.2, 0.25) is 0 Å². The van der Waals surface area contributed by atoms with Crippen LogP contribution in [0.15, 0.2) is 23.4 Å². The van der Waals surface area contributed by atoms with Crippen molar-refractivity contribution in [2.75, 3.05) is 18.4 Å². The van der Waals surface area contributed by atoms with Crippen LogP contribution in [0.5, 0.6) is 0 Å². The van der Waals surface area contributed by atoms with Crippen molar-refractivity contribution in [3.05, 3.63) is 28.7 Å². The van der Waals surface area contributed by atoms with Crippen molar-refractivity contribution in [3.63, 3.8) is 0 Å². The van der Waals surface area contributed by atoms with Crippen LogP contribution in [0.25, 0.3) is 0 Å². The first-order chi connectivity index (χ1) is 6.83. The summed E-state index contributed by atoms with van der Waals surface area (Å²) in [4.78, 5) is 22.0. The Hall–Kier alpha value is -1.91. The van der Waals surface area contributed by atoms with Crippen molar-refractivity contribution in [1.82, 2.24) is 5.32 Å². The van der Waals surface area contributed by atoms with Gasteiger partial charge in [0.1, 0.15) is 5.69 Å². The minimum absolute atomic E-state index is 0.175. The van der Waals surface area contributed by atoms with Gasteiger partial charge in [0.2, 0.25) is 0 Å². The number of nitrogens with one attached hydrogen (secondary N) is 2. The van der Waals surface area contributed by atoms with E-state index in [-0.39, 0.29) is 11.6 Å². The third-order valence-corrected chi connectivity index (χ3v) is 2.09. The normalized spacial score (nSPS) is 14.7. The van der Waals surface area contributed by atoms with Crippen molar-refractivity contribution >= 4 is 17.3 Å². The second-order valence-corrected chi connectivity index (χ2v) is 2.97. The van der Waals surface area contributed by atoms with Gasteiger partial charge in [-0.3, -0.25) is 4.79 Å². The van der Waals surface area contributed by atoms with E-state index in [1.807, 2.05) is 0 Å². The Morgan fingerprint density at radius 3 is 2.79 bits per heavy atom. The van der Waals surface area contributed by atoms with Gasteiger partial charge in [-0.2, -0.15) is 0 Å². The number of hydrogen-bond donors (Lipinski definition) is 2. The molecule has 0 radical (unpaired) electrons. The average molecular weight is 191 g/mol. The Bertz CT molecular complexity index is 390. The lowest BCUT2D eigenvalue weighted by Crippen LogP contribution is -2.24. The van der Waals surface area contributed by atoms with Crippen LogP contribution in [0.1, 0.15) is 10.4 Å². The lowest BCUT2D eigenvalue weighted by atomic mass is 10.1. The largest absolute Gasteiger partial charge is 0.383 e. The molecule has 0 atom stereocenters. The van der Waals surface area contributed by atoms with Gasteiger partial charge in [-0.15, -0.1) is 4.91 Å². The van der Waals surface area contributed by atoms with Gasteiger partial charge in [0.15, 0.2) is 0 Å². The van der Waals surface area contributed by atoms with E-state index in [0.717, 1.165) is 0 Å². The summed E-state index contributed by atoms with van der Waals surface area (Å²) < 4.78 is 0. The minimum atomic E-state index is -0.250. The quantitative estimate of drug-likeness (QED) is 0.656. The van der Waals surface area contributed by atoms with E-state index in [4.69, 9.17) is 0 Å². The molecule has 1 aromatic carbocycles. The third-order valence-electron chi connectivity index (χ3n) is 2.09. The van der Waals surface area contributed by atoms with Crippen molar-refractivity contribution in [3.8, 4) is 0 Å². The first-order valence-electron chi connectivity index (χ1n) is 4.31. The molecule has 72 valence electrons. The molecule has 1 aromatic rings. The third kappa shape index (κ3) is 1.32. The molecule has 2 N–H and O–H groups in total. The zero-order chi connectivity index (χ0) is 9.97. The topological polar surface area (TPSA) is 70.6 Å².